The van der Waals surface area contributed by atoms with E-state index in [2.05, 4.69) is 10.0 Å². The van der Waals surface area contributed by atoms with Crippen LogP contribution in [0, 0.1) is 0 Å². The molecule has 0 aliphatic rings. The molecule has 1 atom stereocenters. The van der Waals surface area contributed by atoms with Crippen LogP contribution in [0.25, 0.3) is 21.9 Å². The summed E-state index contributed by atoms with van der Waals surface area (Å²) in [5.74, 6) is -1.82. The van der Waals surface area contributed by atoms with E-state index in [-0.39, 0.29) is 29.6 Å². The number of amides is 1. The Bertz CT molecular complexity index is 1710. The van der Waals surface area contributed by atoms with Crippen LogP contribution in [0.3, 0.4) is 0 Å². The number of benzene rings is 4. The van der Waals surface area contributed by atoms with Crippen molar-refractivity contribution in [3.63, 3.8) is 0 Å². The van der Waals surface area contributed by atoms with Gasteiger partial charge < -0.3 is 14.8 Å². The summed E-state index contributed by atoms with van der Waals surface area (Å²) >= 11 is 0. The molecular weight excluding hydrogens is 528 g/mol. The third kappa shape index (κ3) is 6.06. The minimum Gasteiger partial charge on any atom is -0.480 e. The van der Waals surface area contributed by atoms with Gasteiger partial charge in [0.2, 0.25) is 15.9 Å². The fraction of sp³-hybridized carbons (Fsp3) is 0.161. The lowest BCUT2D eigenvalue weighted by Gasteiger charge is -2.19. The Labute approximate surface area is 231 Å². The van der Waals surface area contributed by atoms with Gasteiger partial charge >= 0.3 is 5.97 Å². The summed E-state index contributed by atoms with van der Waals surface area (Å²) in [6, 6.07) is 29.7. The van der Waals surface area contributed by atoms with E-state index in [1.165, 1.54) is 12.1 Å². The molecule has 204 valence electrons. The first kappa shape index (κ1) is 27.1. The van der Waals surface area contributed by atoms with Crippen LogP contribution in [0.5, 0.6) is 0 Å². The van der Waals surface area contributed by atoms with Crippen molar-refractivity contribution in [2.45, 2.75) is 29.7 Å². The van der Waals surface area contributed by atoms with Crippen molar-refractivity contribution in [1.29, 1.82) is 0 Å². The average molecular weight is 557 g/mol. The van der Waals surface area contributed by atoms with E-state index in [9.17, 15) is 23.1 Å². The van der Waals surface area contributed by atoms with E-state index in [1.807, 2.05) is 78.9 Å². The highest BCUT2D eigenvalue weighted by atomic mass is 32.2. The summed E-state index contributed by atoms with van der Waals surface area (Å²) in [5, 5.41) is 14.0. The van der Waals surface area contributed by atoms with Crippen molar-refractivity contribution in [3.05, 3.63) is 114 Å². The molecule has 0 aliphatic heterocycles. The Morgan fingerprint density at radius 3 is 2.02 bits per heavy atom. The van der Waals surface area contributed by atoms with Crippen molar-refractivity contribution in [1.82, 2.24) is 10.0 Å². The molecule has 0 saturated heterocycles. The number of furan rings is 1. The first-order valence-electron chi connectivity index (χ1n) is 12.8. The van der Waals surface area contributed by atoms with Gasteiger partial charge in [-0.3, -0.25) is 9.59 Å². The molecule has 4 aromatic carbocycles. The van der Waals surface area contributed by atoms with Crippen molar-refractivity contribution >= 4 is 43.8 Å². The standard InChI is InChI=1S/C31H28N2O6S/c34-30(32-20-26(21-9-3-1-4-10-21)22-11-5-2-6-12-22)18-16-27(31(35)36)33-40(37,38)23-15-17-29-25(19-23)24-13-7-8-14-28(24)39-29/h1-15,17,19,26-27,33H,16,18,20H2,(H,32,34)(H,35,36). The monoisotopic (exact) mass is 556 g/mol. The molecular formula is C31H28N2O6S. The predicted octanol–water partition coefficient (Wildman–Crippen LogP) is 5.05. The number of nitrogens with one attached hydrogen (secondary N) is 2. The zero-order valence-electron chi connectivity index (χ0n) is 21.5. The lowest BCUT2D eigenvalue weighted by atomic mass is 9.91. The number of sulfonamides is 1. The lowest BCUT2D eigenvalue weighted by Crippen LogP contribution is -2.41. The maximum atomic E-state index is 13.1. The van der Waals surface area contributed by atoms with E-state index >= 15 is 0 Å². The normalized spacial score (nSPS) is 12.5. The SMILES string of the molecule is O=C(CCC(NS(=O)(=O)c1ccc2oc3ccccc3c2c1)C(=O)O)NCC(c1ccccc1)c1ccccc1. The zero-order chi connectivity index (χ0) is 28.1. The topological polar surface area (TPSA) is 126 Å². The molecule has 0 fully saturated rings. The maximum Gasteiger partial charge on any atom is 0.321 e. The quantitative estimate of drug-likeness (QED) is 0.209. The molecule has 0 aliphatic carbocycles. The largest absolute Gasteiger partial charge is 0.480 e. The number of hydrogen-bond acceptors (Lipinski definition) is 5. The van der Waals surface area contributed by atoms with Crippen LogP contribution in [-0.2, 0) is 19.6 Å². The summed E-state index contributed by atoms with van der Waals surface area (Å²) in [4.78, 5) is 24.6. The number of carbonyl (C=O) groups is 2. The molecule has 1 unspecified atom stereocenters. The highest BCUT2D eigenvalue weighted by molar-refractivity contribution is 7.89. The lowest BCUT2D eigenvalue weighted by molar-refractivity contribution is -0.139. The third-order valence-electron chi connectivity index (χ3n) is 6.82. The Morgan fingerprint density at radius 2 is 1.38 bits per heavy atom. The number of aliphatic carboxylic acids is 1. The number of fused-ring (bicyclic) bond motifs is 3. The molecule has 1 heterocycles. The minimum absolute atomic E-state index is 0.0872. The molecule has 8 nitrogen and oxygen atoms in total. The van der Waals surface area contributed by atoms with E-state index in [4.69, 9.17) is 4.42 Å². The average Bonchev–Trinajstić information content (AvgIpc) is 3.34. The summed E-state index contributed by atoms with van der Waals surface area (Å²) in [6.45, 7) is 0.314. The minimum atomic E-state index is -4.19. The van der Waals surface area contributed by atoms with Crippen molar-refractivity contribution in [2.24, 2.45) is 0 Å². The van der Waals surface area contributed by atoms with Crippen LogP contribution < -0.4 is 10.0 Å². The molecule has 5 aromatic rings. The van der Waals surface area contributed by atoms with Crippen LogP contribution in [0.4, 0.5) is 0 Å². The molecule has 0 spiro atoms. The zero-order valence-corrected chi connectivity index (χ0v) is 22.3. The second kappa shape index (κ2) is 11.7. The molecule has 3 N–H and O–H groups in total. The predicted molar refractivity (Wildman–Crippen MR) is 152 cm³/mol. The van der Waals surface area contributed by atoms with Crippen LogP contribution in [0.1, 0.15) is 29.9 Å². The maximum absolute atomic E-state index is 13.1. The third-order valence-corrected chi connectivity index (χ3v) is 8.29. The van der Waals surface area contributed by atoms with Crippen LogP contribution in [0.15, 0.2) is 112 Å². The summed E-state index contributed by atoms with van der Waals surface area (Å²) in [6.07, 6.45) is -0.375. The molecule has 1 aromatic heterocycles. The van der Waals surface area contributed by atoms with E-state index < -0.39 is 22.0 Å². The van der Waals surface area contributed by atoms with Crippen molar-refractivity contribution in [2.75, 3.05) is 6.54 Å². The number of carbonyl (C=O) groups excluding carboxylic acids is 1. The summed E-state index contributed by atoms with van der Waals surface area (Å²) < 4.78 is 34.2. The smallest absolute Gasteiger partial charge is 0.321 e. The molecule has 1 amide bonds. The number of hydrogen-bond donors (Lipinski definition) is 3. The second-order valence-electron chi connectivity index (χ2n) is 9.49. The highest BCUT2D eigenvalue weighted by Gasteiger charge is 2.27. The van der Waals surface area contributed by atoms with Gasteiger partial charge in [0, 0.05) is 29.7 Å². The van der Waals surface area contributed by atoms with Gasteiger partial charge in [-0.25, -0.2) is 8.42 Å². The van der Waals surface area contributed by atoms with Gasteiger partial charge in [0.15, 0.2) is 0 Å². The number of rotatable bonds is 11. The first-order chi connectivity index (χ1) is 19.3. The van der Waals surface area contributed by atoms with E-state index in [0.29, 0.717) is 23.1 Å². The van der Waals surface area contributed by atoms with Gasteiger partial charge in [0.05, 0.1) is 4.90 Å². The van der Waals surface area contributed by atoms with Crippen LogP contribution in [-0.4, -0.2) is 38.0 Å². The van der Waals surface area contributed by atoms with Crippen molar-refractivity contribution < 1.29 is 27.5 Å². The molecule has 0 radical (unpaired) electrons. The second-order valence-corrected chi connectivity index (χ2v) is 11.2. The Kier molecular flexibility index (Phi) is 7.95. The molecule has 0 bridgehead atoms. The van der Waals surface area contributed by atoms with Gasteiger partial charge in [-0.2, -0.15) is 4.72 Å². The first-order valence-corrected chi connectivity index (χ1v) is 14.3. The Morgan fingerprint density at radius 1 is 0.775 bits per heavy atom. The molecule has 9 heteroatoms. The van der Waals surface area contributed by atoms with E-state index in [1.54, 1.807) is 12.1 Å². The number of carboxylic acids is 1. The van der Waals surface area contributed by atoms with Gasteiger partial charge in [-0.05, 0) is 41.8 Å². The fourth-order valence-corrected chi connectivity index (χ4v) is 5.99. The van der Waals surface area contributed by atoms with Gasteiger partial charge in [0.1, 0.15) is 17.2 Å². The van der Waals surface area contributed by atoms with E-state index in [0.717, 1.165) is 16.5 Å². The Hall–Kier alpha value is -4.47. The van der Waals surface area contributed by atoms with Crippen LogP contribution >= 0.6 is 0 Å². The van der Waals surface area contributed by atoms with Gasteiger partial charge in [-0.15, -0.1) is 0 Å². The van der Waals surface area contributed by atoms with Crippen molar-refractivity contribution in [3.8, 4) is 0 Å². The number of para-hydroxylation sites is 1. The molecule has 5 rings (SSSR count). The number of carboxylic acid groups (broad SMARTS) is 1. The molecule has 0 saturated carbocycles. The Balaban J connectivity index is 1.25. The highest BCUT2D eigenvalue weighted by Crippen LogP contribution is 2.30. The van der Waals surface area contributed by atoms with Gasteiger partial charge in [-0.1, -0.05) is 78.9 Å². The summed E-state index contributed by atoms with van der Waals surface area (Å²) in [7, 11) is -4.19. The molecule has 40 heavy (non-hydrogen) atoms. The summed E-state index contributed by atoms with van der Waals surface area (Å²) in [5.41, 5.74) is 3.21. The van der Waals surface area contributed by atoms with Crippen LogP contribution in [0.2, 0.25) is 0 Å². The van der Waals surface area contributed by atoms with Gasteiger partial charge in [0.25, 0.3) is 0 Å². The fourth-order valence-electron chi connectivity index (χ4n) is 4.74.